The molecule has 2 bridgehead atoms. The van der Waals surface area contributed by atoms with Gasteiger partial charge in [-0.2, -0.15) is 0 Å². The number of benzene rings is 2. The second-order valence-corrected chi connectivity index (χ2v) is 11.0. The van der Waals surface area contributed by atoms with E-state index in [2.05, 4.69) is 0 Å². The molecule has 6 atom stereocenters. The Morgan fingerprint density at radius 1 is 1.07 bits per heavy atom. The van der Waals surface area contributed by atoms with Crippen molar-refractivity contribution < 1.29 is 43.2 Å². The minimum atomic E-state index is -1.41. The fourth-order valence-corrected chi connectivity index (χ4v) is 7.24. The van der Waals surface area contributed by atoms with E-state index in [0.717, 1.165) is 30.4 Å². The average Bonchev–Trinajstić information content (AvgIpc) is 3.28. The normalized spacial score (nSPS) is 28.6. The molecule has 6 rings (SSSR count). The number of hydrogen-bond acceptors (Lipinski definition) is 9. The van der Waals surface area contributed by atoms with Crippen LogP contribution in [0.2, 0.25) is 0 Å². The van der Waals surface area contributed by atoms with Crippen LogP contribution in [0.1, 0.15) is 62.3 Å². The number of ether oxygens (including phenoxy) is 5. The van der Waals surface area contributed by atoms with Gasteiger partial charge < -0.3 is 28.8 Å². The molecule has 3 aliphatic carbocycles. The summed E-state index contributed by atoms with van der Waals surface area (Å²) in [6.07, 6.45) is 1.88. The van der Waals surface area contributed by atoms with Crippen LogP contribution in [0.15, 0.2) is 54.3 Å². The molecule has 40 heavy (non-hydrogen) atoms. The Labute approximate surface area is 232 Å². The van der Waals surface area contributed by atoms with Crippen molar-refractivity contribution in [3.63, 3.8) is 0 Å². The minimum Gasteiger partial charge on any atom is -0.493 e. The van der Waals surface area contributed by atoms with E-state index >= 15 is 0 Å². The summed E-state index contributed by atoms with van der Waals surface area (Å²) in [5.41, 5.74) is 0.618. The van der Waals surface area contributed by atoms with E-state index in [0.29, 0.717) is 29.9 Å². The van der Waals surface area contributed by atoms with Gasteiger partial charge in [0.2, 0.25) is 6.10 Å². The Kier molecular flexibility index (Phi) is 6.37. The molecule has 2 aromatic rings. The first-order valence-corrected chi connectivity index (χ1v) is 13.6. The molecule has 9 nitrogen and oxygen atoms in total. The maximum atomic E-state index is 13.7. The number of hydrogen-bond donors (Lipinski definition) is 1. The van der Waals surface area contributed by atoms with Crippen LogP contribution in [0.5, 0.6) is 11.5 Å². The van der Waals surface area contributed by atoms with Crippen LogP contribution in [-0.2, 0) is 40.4 Å². The average molecular weight is 549 g/mol. The van der Waals surface area contributed by atoms with Crippen LogP contribution < -0.4 is 9.47 Å². The van der Waals surface area contributed by atoms with E-state index in [9.17, 15) is 19.5 Å². The Morgan fingerprint density at radius 3 is 2.58 bits per heavy atom. The molecular formula is C31H32O9. The fraction of sp³-hybridized carbons (Fsp3) is 0.452. The lowest BCUT2D eigenvalue weighted by molar-refractivity contribution is -0.179. The van der Waals surface area contributed by atoms with Gasteiger partial charge >= 0.3 is 17.9 Å². The fourth-order valence-electron chi connectivity index (χ4n) is 7.24. The summed E-state index contributed by atoms with van der Waals surface area (Å²) in [6.45, 7) is 2.56. The predicted molar refractivity (Wildman–Crippen MR) is 140 cm³/mol. The highest BCUT2D eigenvalue weighted by Gasteiger charge is 2.71. The zero-order valence-electron chi connectivity index (χ0n) is 22.7. The van der Waals surface area contributed by atoms with E-state index in [1.165, 1.54) is 13.8 Å². The van der Waals surface area contributed by atoms with Gasteiger partial charge in [-0.1, -0.05) is 42.8 Å². The van der Waals surface area contributed by atoms with Crippen LogP contribution in [0.25, 0.3) is 0 Å². The summed E-state index contributed by atoms with van der Waals surface area (Å²) in [5, 5.41) is 12.2. The van der Waals surface area contributed by atoms with Crippen molar-refractivity contribution in [2.75, 3.05) is 7.11 Å². The van der Waals surface area contributed by atoms with Gasteiger partial charge in [-0.3, -0.25) is 4.79 Å². The van der Waals surface area contributed by atoms with Crippen molar-refractivity contribution in [3.8, 4) is 11.5 Å². The molecule has 2 aromatic carbocycles. The lowest BCUT2D eigenvalue weighted by atomic mass is 9.47. The van der Waals surface area contributed by atoms with Crippen molar-refractivity contribution in [2.24, 2.45) is 5.92 Å². The molecule has 1 heterocycles. The van der Waals surface area contributed by atoms with Gasteiger partial charge in [0.05, 0.1) is 18.1 Å². The molecule has 0 aromatic heterocycles. The quantitative estimate of drug-likeness (QED) is 0.407. The van der Waals surface area contributed by atoms with Crippen molar-refractivity contribution in [2.45, 2.75) is 75.3 Å². The van der Waals surface area contributed by atoms with Crippen molar-refractivity contribution in [1.29, 1.82) is 0 Å². The maximum Gasteiger partial charge on any atom is 0.357 e. The molecule has 0 unspecified atom stereocenters. The molecule has 9 heteroatoms. The Balaban J connectivity index is 1.35. The number of carbonyl (C=O) groups excluding carboxylic acids is 3. The zero-order chi connectivity index (χ0) is 28.2. The highest BCUT2D eigenvalue weighted by molar-refractivity contribution is 5.84. The third-order valence-corrected chi connectivity index (χ3v) is 8.91. The van der Waals surface area contributed by atoms with E-state index in [4.69, 9.17) is 23.7 Å². The number of carbonyl (C=O) groups is 3. The van der Waals surface area contributed by atoms with Crippen LogP contribution in [0.4, 0.5) is 0 Å². The van der Waals surface area contributed by atoms with Crippen molar-refractivity contribution >= 4 is 17.9 Å². The number of aliphatic hydroxyl groups is 1. The monoisotopic (exact) mass is 548 g/mol. The Hall–Kier alpha value is -3.85. The third kappa shape index (κ3) is 3.82. The van der Waals surface area contributed by atoms with Crippen LogP contribution >= 0.6 is 0 Å². The third-order valence-electron chi connectivity index (χ3n) is 8.91. The molecule has 1 saturated carbocycles. The molecule has 1 fully saturated rings. The van der Waals surface area contributed by atoms with Crippen LogP contribution in [0, 0.1) is 5.92 Å². The van der Waals surface area contributed by atoms with Gasteiger partial charge in [0, 0.05) is 18.1 Å². The van der Waals surface area contributed by atoms with Crippen molar-refractivity contribution in [1.82, 2.24) is 0 Å². The van der Waals surface area contributed by atoms with Crippen LogP contribution in [0.3, 0.4) is 0 Å². The van der Waals surface area contributed by atoms with E-state index in [1.807, 2.05) is 12.1 Å². The largest absolute Gasteiger partial charge is 0.493 e. The van der Waals surface area contributed by atoms with Gasteiger partial charge in [0.1, 0.15) is 5.76 Å². The SMILES string of the molecule is COc1ccc2c3c1O[C@@H]1C(OC(=O)[C@@H](OC(=O)[C@H](C)OC(C)=O)c4ccccc4)=CC[C@]4(O)[C@@H](CCC[C@@]314)C2. The molecular weight excluding hydrogens is 516 g/mol. The van der Waals surface area contributed by atoms with E-state index in [-0.39, 0.29) is 11.7 Å². The smallest absolute Gasteiger partial charge is 0.357 e. The van der Waals surface area contributed by atoms with E-state index < -0.39 is 47.2 Å². The number of methoxy groups -OCH3 is 1. The highest BCUT2D eigenvalue weighted by atomic mass is 16.6. The van der Waals surface area contributed by atoms with Gasteiger partial charge in [0.25, 0.3) is 0 Å². The van der Waals surface area contributed by atoms with E-state index in [1.54, 1.807) is 43.5 Å². The Morgan fingerprint density at radius 2 is 1.85 bits per heavy atom. The summed E-state index contributed by atoms with van der Waals surface area (Å²) in [7, 11) is 1.58. The number of rotatable bonds is 7. The molecule has 0 saturated heterocycles. The van der Waals surface area contributed by atoms with Gasteiger partial charge in [0.15, 0.2) is 23.7 Å². The maximum absolute atomic E-state index is 13.7. The molecule has 1 N–H and O–H groups in total. The second-order valence-electron chi connectivity index (χ2n) is 11.0. The highest BCUT2D eigenvalue weighted by Crippen LogP contribution is 2.67. The zero-order valence-corrected chi connectivity index (χ0v) is 22.7. The molecule has 210 valence electrons. The molecule has 4 aliphatic rings. The summed E-state index contributed by atoms with van der Waals surface area (Å²) < 4.78 is 28.6. The first-order valence-electron chi connectivity index (χ1n) is 13.6. The second kappa shape index (κ2) is 9.66. The molecule has 1 aliphatic heterocycles. The predicted octanol–water partition coefficient (Wildman–Crippen LogP) is 3.85. The minimum absolute atomic E-state index is 0.0495. The molecule has 1 spiro atoms. The molecule has 0 amide bonds. The summed E-state index contributed by atoms with van der Waals surface area (Å²) in [4.78, 5) is 37.8. The molecule has 0 radical (unpaired) electrons. The van der Waals surface area contributed by atoms with Crippen molar-refractivity contribution in [3.05, 3.63) is 71.0 Å². The van der Waals surface area contributed by atoms with Gasteiger partial charge in [-0.05, 0) is 56.2 Å². The van der Waals surface area contributed by atoms with Crippen LogP contribution in [-0.4, -0.2) is 47.9 Å². The summed E-state index contributed by atoms with van der Waals surface area (Å²) in [5.74, 6) is -0.886. The summed E-state index contributed by atoms with van der Waals surface area (Å²) >= 11 is 0. The first-order chi connectivity index (χ1) is 19.2. The topological polar surface area (TPSA) is 118 Å². The van der Waals surface area contributed by atoms with Gasteiger partial charge in [-0.15, -0.1) is 0 Å². The Bertz CT molecular complexity index is 1400. The lowest BCUT2D eigenvalue weighted by Gasteiger charge is -2.59. The number of esters is 3. The lowest BCUT2D eigenvalue weighted by Crippen LogP contribution is -2.67. The summed E-state index contributed by atoms with van der Waals surface area (Å²) in [6, 6.07) is 12.4. The first kappa shape index (κ1) is 26.4. The van der Waals surface area contributed by atoms with Gasteiger partial charge in [-0.25, -0.2) is 9.59 Å². The standard InChI is InChI=1S/C31H32O9/c1-17(37-18(2)32)28(33)40-25(19-8-5-4-6-9-19)29(34)38-23-13-15-31(35)21-10-7-14-30(31)24-20(16-21)11-12-22(36-3)26(24)39-27(23)30/h4-6,8-9,11-13,17,21,25,27,35H,7,10,14-16H2,1-3H3/t17-,21-,25-,27+,30+,31-/m0/s1.